The summed E-state index contributed by atoms with van der Waals surface area (Å²) >= 11 is 0. The number of nitrogens with zero attached hydrogens (tertiary/aromatic N) is 3. The lowest BCUT2D eigenvalue weighted by atomic mass is 10.2. The van der Waals surface area contributed by atoms with E-state index in [2.05, 4.69) is 51.3 Å². The van der Waals surface area contributed by atoms with E-state index in [1.54, 1.807) is 12.4 Å². The Kier molecular flexibility index (Phi) is 4.22. The summed E-state index contributed by atoms with van der Waals surface area (Å²) in [4.78, 5) is 10.7. The third-order valence-electron chi connectivity index (χ3n) is 3.31. The molecule has 0 fully saturated rings. The summed E-state index contributed by atoms with van der Waals surface area (Å²) in [5, 5.41) is 0. The Morgan fingerprint density at radius 3 is 1.71 bits per heavy atom. The highest BCUT2D eigenvalue weighted by Crippen LogP contribution is 2.19. The number of pyridine rings is 2. The maximum atomic E-state index is 4.20. The number of para-hydroxylation sites is 1. The van der Waals surface area contributed by atoms with Crippen LogP contribution in [0.4, 0.5) is 5.69 Å². The minimum Gasteiger partial charge on any atom is -0.363 e. The predicted molar refractivity (Wildman–Crippen MR) is 84.8 cm³/mol. The largest absolute Gasteiger partial charge is 0.363 e. The molecule has 0 saturated heterocycles. The molecular formula is C18H17N3. The van der Waals surface area contributed by atoms with Gasteiger partial charge in [0.1, 0.15) is 0 Å². The van der Waals surface area contributed by atoms with Crippen molar-refractivity contribution in [2.75, 3.05) is 4.90 Å². The summed E-state index contributed by atoms with van der Waals surface area (Å²) in [5.41, 5.74) is 3.60. The smallest absolute Gasteiger partial charge is 0.0448 e. The molecule has 0 aliphatic heterocycles. The van der Waals surface area contributed by atoms with Crippen LogP contribution in [0.25, 0.3) is 0 Å². The molecule has 2 heterocycles. The second-order valence-electron chi connectivity index (χ2n) is 4.91. The van der Waals surface area contributed by atoms with Gasteiger partial charge in [0.05, 0.1) is 0 Å². The quantitative estimate of drug-likeness (QED) is 0.711. The van der Waals surface area contributed by atoms with Gasteiger partial charge in [0.2, 0.25) is 0 Å². The zero-order valence-electron chi connectivity index (χ0n) is 11.8. The second kappa shape index (κ2) is 6.66. The van der Waals surface area contributed by atoms with Crippen LogP contribution in [0.1, 0.15) is 11.1 Å². The van der Waals surface area contributed by atoms with Crippen molar-refractivity contribution in [2.24, 2.45) is 0 Å². The van der Waals surface area contributed by atoms with Gasteiger partial charge in [0.25, 0.3) is 0 Å². The lowest BCUT2D eigenvalue weighted by Gasteiger charge is -2.25. The van der Waals surface area contributed by atoms with Crippen LogP contribution in [-0.2, 0) is 13.1 Å². The summed E-state index contributed by atoms with van der Waals surface area (Å²) in [6.07, 6.45) is 7.44. The van der Waals surface area contributed by atoms with E-state index in [0.29, 0.717) is 0 Å². The van der Waals surface area contributed by atoms with Gasteiger partial charge in [0.15, 0.2) is 0 Å². The number of benzene rings is 1. The van der Waals surface area contributed by atoms with Crippen molar-refractivity contribution in [3.63, 3.8) is 0 Å². The van der Waals surface area contributed by atoms with E-state index < -0.39 is 0 Å². The topological polar surface area (TPSA) is 29.0 Å². The fourth-order valence-corrected chi connectivity index (χ4v) is 2.30. The SMILES string of the molecule is c1ccc(N(Cc2cccnc2)Cc2cccnc2)cc1. The van der Waals surface area contributed by atoms with Gasteiger partial charge in [0, 0.05) is 43.6 Å². The van der Waals surface area contributed by atoms with E-state index in [9.17, 15) is 0 Å². The van der Waals surface area contributed by atoms with E-state index >= 15 is 0 Å². The van der Waals surface area contributed by atoms with Crippen LogP contribution in [0.5, 0.6) is 0 Å². The summed E-state index contributed by atoms with van der Waals surface area (Å²) in [6.45, 7) is 1.65. The fourth-order valence-electron chi connectivity index (χ4n) is 2.30. The Balaban J connectivity index is 1.84. The molecule has 3 rings (SSSR count). The summed E-state index contributed by atoms with van der Waals surface area (Å²) in [7, 11) is 0. The van der Waals surface area contributed by atoms with Crippen LogP contribution >= 0.6 is 0 Å². The van der Waals surface area contributed by atoms with Crippen molar-refractivity contribution in [1.82, 2.24) is 9.97 Å². The average Bonchev–Trinajstić information content (AvgIpc) is 2.57. The van der Waals surface area contributed by atoms with Crippen LogP contribution in [0.3, 0.4) is 0 Å². The molecule has 3 aromatic rings. The standard InChI is InChI=1S/C18H17N3/c1-2-8-18(9-3-1)21(14-16-6-4-10-19-12-16)15-17-7-5-11-20-13-17/h1-13H,14-15H2. The highest BCUT2D eigenvalue weighted by molar-refractivity contribution is 5.47. The number of hydrogen-bond donors (Lipinski definition) is 0. The molecule has 0 N–H and O–H groups in total. The summed E-state index contributed by atoms with van der Waals surface area (Å²) in [5.74, 6) is 0. The maximum Gasteiger partial charge on any atom is 0.0448 e. The van der Waals surface area contributed by atoms with Crippen molar-refractivity contribution in [3.05, 3.63) is 90.5 Å². The first kappa shape index (κ1) is 13.3. The number of rotatable bonds is 5. The molecule has 0 atom stereocenters. The van der Waals surface area contributed by atoms with Gasteiger partial charge < -0.3 is 4.90 Å². The molecule has 0 spiro atoms. The van der Waals surface area contributed by atoms with Gasteiger partial charge in [-0.2, -0.15) is 0 Å². The maximum absolute atomic E-state index is 4.20. The Morgan fingerprint density at radius 2 is 1.24 bits per heavy atom. The molecule has 21 heavy (non-hydrogen) atoms. The predicted octanol–water partition coefficient (Wildman–Crippen LogP) is 3.68. The molecule has 0 unspecified atom stereocenters. The third kappa shape index (κ3) is 3.66. The van der Waals surface area contributed by atoms with Crippen molar-refractivity contribution in [3.8, 4) is 0 Å². The summed E-state index contributed by atoms with van der Waals surface area (Å²) < 4.78 is 0. The van der Waals surface area contributed by atoms with Crippen LogP contribution in [-0.4, -0.2) is 9.97 Å². The minimum absolute atomic E-state index is 0.826. The van der Waals surface area contributed by atoms with E-state index in [0.717, 1.165) is 13.1 Å². The summed E-state index contributed by atoms with van der Waals surface area (Å²) in [6, 6.07) is 18.6. The van der Waals surface area contributed by atoms with Gasteiger partial charge in [-0.1, -0.05) is 30.3 Å². The molecule has 0 saturated carbocycles. The van der Waals surface area contributed by atoms with E-state index in [1.807, 2.05) is 30.6 Å². The first-order valence-electron chi connectivity index (χ1n) is 6.99. The lowest BCUT2D eigenvalue weighted by molar-refractivity contribution is 0.794. The molecular weight excluding hydrogens is 258 g/mol. The number of hydrogen-bond acceptors (Lipinski definition) is 3. The zero-order valence-corrected chi connectivity index (χ0v) is 11.8. The molecule has 3 heteroatoms. The Hall–Kier alpha value is -2.68. The monoisotopic (exact) mass is 275 g/mol. The molecule has 0 aliphatic rings. The highest BCUT2D eigenvalue weighted by Gasteiger charge is 2.08. The molecule has 104 valence electrons. The van der Waals surface area contributed by atoms with Crippen molar-refractivity contribution in [1.29, 1.82) is 0 Å². The Morgan fingerprint density at radius 1 is 0.667 bits per heavy atom. The van der Waals surface area contributed by atoms with Gasteiger partial charge in [-0.05, 0) is 35.4 Å². The molecule has 0 bridgehead atoms. The van der Waals surface area contributed by atoms with Gasteiger partial charge in [-0.25, -0.2) is 0 Å². The minimum atomic E-state index is 0.826. The molecule has 0 aliphatic carbocycles. The van der Waals surface area contributed by atoms with Crippen LogP contribution in [0.2, 0.25) is 0 Å². The average molecular weight is 275 g/mol. The lowest BCUT2D eigenvalue weighted by Crippen LogP contribution is -2.22. The number of aromatic nitrogens is 2. The zero-order chi connectivity index (χ0) is 14.3. The van der Waals surface area contributed by atoms with Gasteiger partial charge >= 0.3 is 0 Å². The third-order valence-corrected chi connectivity index (χ3v) is 3.31. The Labute approximate surface area is 124 Å². The first-order chi connectivity index (χ1) is 10.4. The molecule has 2 aromatic heterocycles. The van der Waals surface area contributed by atoms with E-state index in [-0.39, 0.29) is 0 Å². The molecule has 1 aromatic carbocycles. The first-order valence-corrected chi connectivity index (χ1v) is 6.99. The van der Waals surface area contributed by atoms with Gasteiger partial charge in [-0.15, -0.1) is 0 Å². The second-order valence-corrected chi connectivity index (χ2v) is 4.91. The van der Waals surface area contributed by atoms with Crippen molar-refractivity contribution < 1.29 is 0 Å². The fraction of sp³-hybridized carbons (Fsp3) is 0.111. The van der Waals surface area contributed by atoms with Crippen LogP contribution < -0.4 is 4.90 Å². The molecule has 0 amide bonds. The van der Waals surface area contributed by atoms with E-state index in [1.165, 1.54) is 16.8 Å². The van der Waals surface area contributed by atoms with Crippen LogP contribution in [0.15, 0.2) is 79.4 Å². The number of anilines is 1. The molecule has 0 radical (unpaired) electrons. The highest BCUT2D eigenvalue weighted by atomic mass is 15.1. The van der Waals surface area contributed by atoms with Crippen molar-refractivity contribution in [2.45, 2.75) is 13.1 Å². The molecule has 3 nitrogen and oxygen atoms in total. The van der Waals surface area contributed by atoms with Crippen molar-refractivity contribution >= 4 is 5.69 Å². The van der Waals surface area contributed by atoms with E-state index in [4.69, 9.17) is 0 Å². The Bertz CT molecular complexity index is 612. The van der Waals surface area contributed by atoms with Gasteiger partial charge in [-0.3, -0.25) is 9.97 Å². The van der Waals surface area contributed by atoms with Crippen LogP contribution in [0, 0.1) is 0 Å². The normalized spacial score (nSPS) is 10.3.